The van der Waals surface area contributed by atoms with E-state index in [4.69, 9.17) is 16.3 Å². The third-order valence-electron chi connectivity index (χ3n) is 3.69. The minimum atomic E-state index is -1.98. The van der Waals surface area contributed by atoms with Gasteiger partial charge in [0.1, 0.15) is 0 Å². The summed E-state index contributed by atoms with van der Waals surface area (Å²) in [5.41, 5.74) is -1.92. The quantitative estimate of drug-likeness (QED) is 0.357. The third kappa shape index (κ3) is 4.09. The lowest BCUT2D eigenvalue weighted by molar-refractivity contribution is 0.214. The molecule has 146 valence electrons. The van der Waals surface area contributed by atoms with Crippen LogP contribution in [0.3, 0.4) is 0 Å². The van der Waals surface area contributed by atoms with Crippen LogP contribution >= 0.6 is 11.6 Å². The van der Waals surface area contributed by atoms with Gasteiger partial charge in [-0.05, 0) is 23.8 Å². The van der Waals surface area contributed by atoms with Crippen LogP contribution in [0.25, 0.3) is 11.1 Å². The van der Waals surface area contributed by atoms with Gasteiger partial charge >= 0.3 is 6.09 Å². The van der Waals surface area contributed by atoms with Crippen LogP contribution in [-0.4, -0.2) is 15.9 Å². The molecular weight excluding hydrogens is 402 g/mol. The number of para-hydroxylation sites is 1. The highest BCUT2D eigenvalue weighted by Crippen LogP contribution is 2.32. The molecule has 1 atom stereocenters. The van der Waals surface area contributed by atoms with Crippen molar-refractivity contribution >= 4 is 23.4 Å². The van der Waals surface area contributed by atoms with Crippen LogP contribution in [-0.2, 0) is 7.05 Å². The Balaban J connectivity index is 1.87. The maximum absolute atomic E-state index is 13.5. The van der Waals surface area contributed by atoms with Gasteiger partial charge in [-0.1, -0.05) is 29.8 Å². The molecule has 1 N–H and O–H groups in total. The summed E-state index contributed by atoms with van der Waals surface area (Å²) < 4.78 is 59.9. The number of halogens is 5. The number of anilines is 1. The number of hydrogen-bond acceptors (Lipinski definition) is 3. The Hall–Kier alpha value is -3.07. The number of hydrogen-bond donors (Lipinski definition) is 1. The van der Waals surface area contributed by atoms with Gasteiger partial charge in [0.15, 0.2) is 28.9 Å². The van der Waals surface area contributed by atoms with Gasteiger partial charge in [0, 0.05) is 12.6 Å². The molecular formula is C18H12ClF4N3O2. The van der Waals surface area contributed by atoms with Gasteiger partial charge < -0.3 is 4.74 Å². The van der Waals surface area contributed by atoms with Crippen LogP contribution in [0.15, 0.2) is 42.6 Å². The summed E-state index contributed by atoms with van der Waals surface area (Å²) in [5.74, 6) is -4.54. The maximum Gasteiger partial charge on any atom is 0.417 e. The van der Waals surface area contributed by atoms with Crippen molar-refractivity contribution in [1.29, 1.82) is 0 Å². The second-order valence-electron chi connectivity index (χ2n) is 5.67. The molecule has 5 nitrogen and oxygen atoms in total. The lowest BCUT2D eigenvalue weighted by atomic mass is 10.0. The zero-order chi connectivity index (χ0) is 20.4. The number of nitrogens with zero attached hydrogens (tertiary/aromatic N) is 2. The zero-order valence-corrected chi connectivity index (χ0v) is 15.0. The van der Waals surface area contributed by atoms with Gasteiger partial charge in [0.25, 0.3) is 0 Å². The monoisotopic (exact) mass is 413 g/mol. The highest BCUT2D eigenvalue weighted by Gasteiger charge is 2.21. The summed E-state index contributed by atoms with van der Waals surface area (Å²) in [5, 5.41) is 6.13. The van der Waals surface area contributed by atoms with Crippen LogP contribution in [0, 0.1) is 17.5 Å². The number of carbonyl (C=O) groups is 1. The lowest BCUT2D eigenvalue weighted by Crippen LogP contribution is -2.17. The van der Waals surface area contributed by atoms with Crippen LogP contribution in [0.1, 0.15) is 11.3 Å². The van der Waals surface area contributed by atoms with E-state index in [0.717, 1.165) is 12.1 Å². The van der Waals surface area contributed by atoms with E-state index in [9.17, 15) is 22.4 Å². The van der Waals surface area contributed by atoms with Crippen molar-refractivity contribution in [3.63, 3.8) is 0 Å². The molecule has 1 aromatic heterocycles. The highest BCUT2D eigenvalue weighted by molar-refractivity contribution is 6.19. The Morgan fingerprint density at radius 3 is 2.50 bits per heavy atom. The molecule has 0 bridgehead atoms. The number of aryl methyl sites for hydroxylation is 1. The van der Waals surface area contributed by atoms with Gasteiger partial charge in [0.2, 0.25) is 5.63 Å². The van der Waals surface area contributed by atoms with E-state index >= 15 is 0 Å². The van der Waals surface area contributed by atoms with Crippen LogP contribution in [0.5, 0.6) is 5.75 Å². The Morgan fingerprint density at radius 2 is 1.86 bits per heavy atom. The summed E-state index contributed by atoms with van der Waals surface area (Å²) in [6.07, 6.45) is 0.239. The number of carbonyl (C=O) groups excluding carboxylic acids is 1. The molecule has 0 fully saturated rings. The first-order valence-corrected chi connectivity index (χ1v) is 8.24. The Kier molecular flexibility index (Phi) is 5.55. The van der Waals surface area contributed by atoms with E-state index in [-0.39, 0.29) is 28.3 Å². The molecule has 0 aliphatic carbocycles. The number of nitrogens with one attached hydrogen (secondary N) is 1. The van der Waals surface area contributed by atoms with Crippen molar-refractivity contribution < 1.29 is 27.1 Å². The van der Waals surface area contributed by atoms with E-state index in [0.29, 0.717) is 0 Å². The molecule has 10 heteroatoms. The molecule has 28 heavy (non-hydrogen) atoms. The van der Waals surface area contributed by atoms with Crippen LogP contribution in [0.4, 0.5) is 28.0 Å². The normalized spacial score (nSPS) is 11.9. The first kappa shape index (κ1) is 19.7. The van der Waals surface area contributed by atoms with Crippen LogP contribution < -0.4 is 10.1 Å². The summed E-state index contributed by atoms with van der Waals surface area (Å²) in [4.78, 5) is 12.2. The molecule has 0 radical (unpaired) electrons. The van der Waals surface area contributed by atoms with E-state index in [1.807, 2.05) is 0 Å². The van der Waals surface area contributed by atoms with Crippen LogP contribution in [0.2, 0.25) is 0 Å². The molecule has 0 aliphatic rings. The van der Waals surface area contributed by atoms with E-state index in [1.165, 1.54) is 30.1 Å². The second-order valence-corrected chi connectivity index (χ2v) is 6.05. The number of ether oxygens (including phenoxy) is 1. The Labute approximate surface area is 161 Å². The summed E-state index contributed by atoms with van der Waals surface area (Å²) in [6, 6.07) is 7.62. The third-order valence-corrected chi connectivity index (χ3v) is 3.90. The zero-order valence-electron chi connectivity index (χ0n) is 14.2. The first-order valence-electron chi connectivity index (χ1n) is 7.80. The predicted molar refractivity (Wildman–Crippen MR) is 94.3 cm³/mol. The van der Waals surface area contributed by atoms with Gasteiger partial charge in [-0.15, -0.1) is 0 Å². The molecule has 2 aromatic carbocycles. The number of alkyl halides is 2. The first-order chi connectivity index (χ1) is 13.3. The molecule has 0 spiro atoms. The smallest absolute Gasteiger partial charge is 0.406 e. The average molecular weight is 414 g/mol. The van der Waals surface area contributed by atoms with E-state index in [1.54, 1.807) is 12.1 Å². The van der Waals surface area contributed by atoms with Crippen molar-refractivity contribution in [2.45, 2.75) is 5.63 Å². The molecule has 0 aliphatic heterocycles. The standard InChI is InChI=1S/C18H12ClF4N3O2/c1-26-8-14(16(25-26)17(19)23)28-18(27)24-13-5-3-2-4-10(13)9-6-11(20)15(22)12(21)7-9/h2-8,17H,1H3,(H,24,27). The number of aromatic nitrogens is 2. The fourth-order valence-corrected chi connectivity index (χ4v) is 2.66. The molecule has 3 aromatic rings. The van der Waals surface area contributed by atoms with Crippen molar-refractivity contribution in [1.82, 2.24) is 9.78 Å². The number of benzene rings is 2. The van der Waals surface area contributed by atoms with Gasteiger partial charge in [-0.25, -0.2) is 22.4 Å². The fourth-order valence-electron chi connectivity index (χ4n) is 2.50. The minimum absolute atomic E-state index is 0.000975. The van der Waals surface area contributed by atoms with Gasteiger partial charge in [-0.3, -0.25) is 10.00 Å². The fraction of sp³-hybridized carbons (Fsp3) is 0.111. The summed E-state index contributed by atoms with van der Waals surface area (Å²) in [7, 11) is 1.49. The van der Waals surface area contributed by atoms with Crippen molar-refractivity contribution in [2.75, 3.05) is 5.32 Å². The minimum Gasteiger partial charge on any atom is -0.406 e. The predicted octanol–water partition coefficient (Wildman–Crippen LogP) is 5.32. The lowest BCUT2D eigenvalue weighted by Gasteiger charge is -2.12. The SMILES string of the molecule is Cn1cc(OC(=O)Nc2ccccc2-c2cc(F)c(F)c(F)c2)c(C(F)Cl)n1. The maximum atomic E-state index is 13.5. The summed E-state index contributed by atoms with van der Waals surface area (Å²) in [6.45, 7) is 0. The molecule has 1 unspecified atom stereocenters. The second kappa shape index (κ2) is 7.89. The summed E-state index contributed by atoms with van der Waals surface area (Å²) >= 11 is 5.36. The van der Waals surface area contributed by atoms with Crippen molar-refractivity contribution in [3.8, 4) is 16.9 Å². The molecule has 0 saturated carbocycles. The van der Waals surface area contributed by atoms with E-state index in [2.05, 4.69) is 10.4 Å². The molecule has 1 amide bonds. The topological polar surface area (TPSA) is 56.1 Å². The Morgan fingerprint density at radius 1 is 1.21 bits per heavy atom. The van der Waals surface area contributed by atoms with E-state index < -0.39 is 29.2 Å². The number of amides is 1. The molecule has 3 rings (SSSR count). The average Bonchev–Trinajstić information content (AvgIpc) is 3.00. The van der Waals surface area contributed by atoms with Gasteiger partial charge in [0.05, 0.1) is 11.9 Å². The number of rotatable bonds is 4. The largest absolute Gasteiger partial charge is 0.417 e. The molecule has 0 saturated heterocycles. The molecule has 1 heterocycles. The van der Waals surface area contributed by atoms with Gasteiger partial charge in [-0.2, -0.15) is 5.10 Å². The highest BCUT2D eigenvalue weighted by atomic mass is 35.5. The van der Waals surface area contributed by atoms with Crippen molar-refractivity contribution in [3.05, 3.63) is 65.7 Å². The van der Waals surface area contributed by atoms with Crippen molar-refractivity contribution in [2.24, 2.45) is 7.05 Å². The Bertz CT molecular complexity index is 1020.